The highest BCUT2D eigenvalue weighted by Crippen LogP contribution is 2.09. The Labute approximate surface area is 140 Å². The van der Waals surface area contributed by atoms with E-state index in [-0.39, 0.29) is 0 Å². The summed E-state index contributed by atoms with van der Waals surface area (Å²) in [6, 6.07) is 0. The topological polar surface area (TPSA) is 9.23 Å². The minimum Gasteiger partial charge on any atom is -0.377 e. The van der Waals surface area contributed by atoms with Gasteiger partial charge < -0.3 is 4.74 Å². The van der Waals surface area contributed by atoms with E-state index in [1.165, 1.54) is 89.9 Å². The zero-order chi connectivity index (χ0) is 16.1. The number of hydrogen-bond donors (Lipinski definition) is 0. The van der Waals surface area contributed by atoms with Crippen LogP contribution in [-0.4, -0.2) is 13.2 Å². The Morgan fingerprint density at radius 3 is 1.73 bits per heavy atom. The third-order valence-corrected chi connectivity index (χ3v) is 4.04. The fraction of sp³-hybridized carbons (Fsp3) is 0.810. The molecule has 0 saturated carbocycles. The molecule has 0 aliphatic heterocycles. The first-order chi connectivity index (χ1) is 10.9. The summed E-state index contributed by atoms with van der Waals surface area (Å²) in [4.78, 5) is 0. The van der Waals surface area contributed by atoms with Crippen LogP contribution in [0.15, 0.2) is 24.8 Å². The predicted octanol–water partition coefficient (Wildman–Crippen LogP) is 7.23. The van der Waals surface area contributed by atoms with Crippen molar-refractivity contribution < 1.29 is 4.74 Å². The molecule has 0 amide bonds. The lowest BCUT2D eigenvalue weighted by molar-refractivity contribution is 0.157. The molecule has 0 heterocycles. The highest BCUT2D eigenvalue weighted by molar-refractivity contribution is 4.81. The number of hydrogen-bond acceptors (Lipinski definition) is 1. The third kappa shape index (κ3) is 19.4. The Bertz CT molecular complexity index is 232. The zero-order valence-electron chi connectivity index (χ0n) is 15.2. The molecule has 22 heavy (non-hydrogen) atoms. The van der Waals surface area contributed by atoms with Crippen molar-refractivity contribution in [1.82, 2.24) is 0 Å². The maximum atomic E-state index is 5.37. The molecule has 0 aromatic carbocycles. The van der Waals surface area contributed by atoms with Gasteiger partial charge in [0.05, 0.1) is 6.61 Å². The summed E-state index contributed by atoms with van der Waals surface area (Å²) in [5.41, 5.74) is 0. The molecule has 1 nitrogen and oxygen atoms in total. The molecule has 0 aliphatic carbocycles. The SMILES string of the molecule is C=CCOCCCCCCCC/C=C/CCCCCCCC. The van der Waals surface area contributed by atoms with Gasteiger partial charge in [-0.3, -0.25) is 0 Å². The average molecular weight is 309 g/mol. The van der Waals surface area contributed by atoms with Gasteiger partial charge in [-0.05, 0) is 32.1 Å². The van der Waals surface area contributed by atoms with Crippen LogP contribution in [0.25, 0.3) is 0 Å². The second-order valence-electron chi connectivity index (χ2n) is 6.30. The van der Waals surface area contributed by atoms with Gasteiger partial charge in [0.15, 0.2) is 0 Å². The normalized spacial score (nSPS) is 11.3. The molecule has 130 valence electrons. The highest BCUT2D eigenvalue weighted by atomic mass is 16.5. The quantitative estimate of drug-likeness (QED) is 0.192. The van der Waals surface area contributed by atoms with E-state index in [0.717, 1.165) is 6.61 Å². The summed E-state index contributed by atoms with van der Waals surface area (Å²) < 4.78 is 5.37. The van der Waals surface area contributed by atoms with Crippen LogP contribution in [0.4, 0.5) is 0 Å². The van der Waals surface area contributed by atoms with Crippen LogP contribution in [0.2, 0.25) is 0 Å². The van der Waals surface area contributed by atoms with Gasteiger partial charge in [0.2, 0.25) is 0 Å². The summed E-state index contributed by atoms with van der Waals surface area (Å²) in [7, 11) is 0. The Kier molecular flexibility index (Phi) is 19.9. The molecular formula is C21H40O. The molecule has 0 saturated heterocycles. The van der Waals surface area contributed by atoms with E-state index in [1.54, 1.807) is 0 Å². The molecule has 0 aromatic rings. The van der Waals surface area contributed by atoms with Crippen LogP contribution < -0.4 is 0 Å². The van der Waals surface area contributed by atoms with Gasteiger partial charge in [0, 0.05) is 6.61 Å². The standard InChI is InChI=1S/C21H40O/c1-3-5-6-7-8-9-10-11-12-13-14-15-16-17-18-19-21-22-20-4-2/h4,11-12H,2-3,5-10,13-21H2,1H3/b12-11+. The summed E-state index contributed by atoms with van der Waals surface area (Å²) in [5.74, 6) is 0. The Morgan fingerprint density at radius 1 is 0.682 bits per heavy atom. The molecule has 1 heteroatoms. The van der Waals surface area contributed by atoms with Gasteiger partial charge in [0.25, 0.3) is 0 Å². The molecule has 0 fully saturated rings. The fourth-order valence-corrected chi connectivity index (χ4v) is 2.62. The second kappa shape index (κ2) is 20.4. The van der Waals surface area contributed by atoms with Crippen molar-refractivity contribution in [2.45, 2.75) is 96.8 Å². The van der Waals surface area contributed by atoms with Crippen molar-refractivity contribution in [2.75, 3.05) is 13.2 Å². The first kappa shape index (κ1) is 21.4. The Morgan fingerprint density at radius 2 is 1.18 bits per heavy atom. The lowest BCUT2D eigenvalue weighted by atomic mass is 10.1. The van der Waals surface area contributed by atoms with E-state index < -0.39 is 0 Å². The molecule has 0 N–H and O–H groups in total. The van der Waals surface area contributed by atoms with Crippen molar-refractivity contribution >= 4 is 0 Å². The van der Waals surface area contributed by atoms with Gasteiger partial charge >= 0.3 is 0 Å². The lowest BCUT2D eigenvalue weighted by Gasteiger charge is -2.02. The number of ether oxygens (including phenoxy) is 1. The number of allylic oxidation sites excluding steroid dienone is 2. The van der Waals surface area contributed by atoms with E-state index in [2.05, 4.69) is 25.7 Å². The maximum Gasteiger partial charge on any atom is 0.0644 e. The van der Waals surface area contributed by atoms with Crippen LogP contribution in [-0.2, 0) is 4.74 Å². The molecule has 0 rings (SSSR count). The van der Waals surface area contributed by atoms with Crippen molar-refractivity contribution in [3.63, 3.8) is 0 Å². The van der Waals surface area contributed by atoms with Crippen molar-refractivity contribution in [3.8, 4) is 0 Å². The monoisotopic (exact) mass is 308 g/mol. The molecule has 0 radical (unpaired) electrons. The summed E-state index contributed by atoms with van der Waals surface area (Å²) in [6.45, 7) is 7.52. The second-order valence-corrected chi connectivity index (χ2v) is 6.30. The van der Waals surface area contributed by atoms with E-state index >= 15 is 0 Å². The Hall–Kier alpha value is -0.560. The minimum atomic E-state index is 0.699. The number of rotatable bonds is 18. The highest BCUT2D eigenvalue weighted by Gasteiger charge is 1.91. The van der Waals surface area contributed by atoms with E-state index in [1.807, 2.05) is 6.08 Å². The Balaban J connectivity index is 3.03. The van der Waals surface area contributed by atoms with Crippen LogP contribution in [0, 0.1) is 0 Å². The third-order valence-electron chi connectivity index (χ3n) is 4.04. The molecule has 0 aromatic heterocycles. The van der Waals surface area contributed by atoms with Gasteiger partial charge in [-0.1, -0.05) is 82.9 Å². The largest absolute Gasteiger partial charge is 0.377 e. The zero-order valence-corrected chi connectivity index (χ0v) is 15.2. The summed E-state index contributed by atoms with van der Waals surface area (Å²) in [6.07, 6.45) is 25.6. The van der Waals surface area contributed by atoms with Crippen molar-refractivity contribution in [3.05, 3.63) is 24.8 Å². The average Bonchev–Trinajstić information content (AvgIpc) is 2.54. The van der Waals surface area contributed by atoms with Crippen LogP contribution in [0.3, 0.4) is 0 Å². The van der Waals surface area contributed by atoms with Crippen LogP contribution in [0.5, 0.6) is 0 Å². The predicted molar refractivity (Wildman–Crippen MR) is 100 cm³/mol. The first-order valence-electron chi connectivity index (χ1n) is 9.75. The molecule has 0 unspecified atom stereocenters. The van der Waals surface area contributed by atoms with Crippen LogP contribution >= 0.6 is 0 Å². The smallest absolute Gasteiger partial charge is 0.0644 e. The molecule has 0 spiro atoms. The van der Waals surface area contributed by atoms with Crippen molar-refractivity contribution in [2.24, 2.45) is 0 Å². The van der Waals surface area contributed by atoms with Crippen LogP contribution in [0.1, 0.15) is 96.8 Å². The first-order valence-corrected chi connectivity index (χ1v) is 9.75. The molecular weight excluding hydrogens is 268 g/mol. The van der Waals surface area contributed by atoms with E-state index in [4.69, 9.17) is 4.74 Å². The fourth-order valence-electron chi connectivity index (χ4n) is 2.62. The molecule has 0 bridgehead atoms. The van der Waals surface area contributed by atoms with E-state index in [9.17, 15) is 0 Å². The van der Waals surface area contributed by atoms with Gasteiger partial charge in [-0.2, -0.15) is 0 Å². The van der Waals surface area contributed by atoms with Gasteiger partial charge in [-0.15, -0.1) is 6.58 Å². The molecule has 0 aliphatic rings. The minimum absolute atomic E-state index is 0.699. The van der Waals surface area contributed by atoms with Gasteiger partial charge in [0.1, 0.15) is 0 Å². The van der Waals surface area contributed by atoms with E-state index in [0.29, 0.717) is 6.61 Å². The van der Waals surface area contributed by atoms with Crippen molar-refractivity contribution in [1.29, 1.82) is 0 Å². The molecule has 0 atom stereocenters. The lowest BCUT2D eigenvalue weighted by Crippen LogP contribution is -1.93. The van der Waals surface area contributed by atoms with Gasteiger partial charge in [-0.25, -0.2) is 0 Å². The summed E-state index contributed by atoms with van der Waals surface area (Å²) in [5, 5.41) is 0. The maximum absolute atomic E-state index is 5.37. The summed E-state index contributed by atoms with van der Waals surface area (Å²) >= 11 is 0. The number of unbranched alkanes of at least 4 members (excludes halogenated alkanes) is 12.